The predicted octanol–water partition coefficient (Wildman–Crippen LogP) is 1.18. The van der Waals surface area contributed by atoms with Gasteiger partial charge in [-0.2, -0.15) is 4.31 Å². The van der Waals surface area contributed by atoms with E-state index in [1.165, 1.54) is 10.4 Å². The third-order valence-corrected chi connectivity index (χ3v) is 8.46. The fourth-order valence-corrected chi connectivity index (χ4v) is 7.49. The molecule has 130 valence electrons. The van der Waals surface area contributed by atoms with Gasteiger partial charge in [-0.15, -0.1) is 0 Å². The fourth-order valence-electron chi connectivity index (χ4n) is 2.96. The molecule has 23 heavy (non-hydrogen) atoms. The number of nitrogens with zero attached hydrogens (tertiary/aromatic N) is 1. The zero-order valence-corrected chi connectivity index (χ0v) is 15.5. The maximum Gasteiger partial charge on any atom is 0.243 e. The lowest BCUT2D eigenvalue weighted by atomic mass is 10.0. The van der Waals surface area contributed by atoms with E-state index in [1.54, 1.807) is 26.0 Å². The van der Waals surface area contributed by atoms with Crippen molar-refractivity contribution in [2.75, 3.05) is 24.6 Å². The molecule has 0 aliphatic carbocycles. The molecule has 0 aromatic heterocycles. The molecule has 2 N–H and O–H groups in total. The smallest absolute Gasteiger partial charge is 0.243 e. The molecule has 1 atom stereocenters. The molecule has 1 aromatic rings. The molecule has 0 unspecified atom stereocenters. The highest BCUT2D eigenvalue weighted by atomic mass is 35.5. The third kappa shape index (κ3) is 3.71. The summed E-state index contributed by atoms with van der Waals surface area (Å²) in [6, 6.07) is 4.64. The second-order valence-electron chi connectivity index (χ2n) is 6.11. The van der Waals surface area contributed by atoms with Crippen LogP contribution in [0.25, 0.3) is 0 Å². The first-order valence-electron chi connectivity index (χ1n) is 7.21. The Morgan fingerprint density at radius 3 is 2.57 bits per heavy atom. The van der Waals surface area contributed by atoms with E-state index in [1.807, 2.05) is 0 Å². The molecule has 1 aliphatic rings. The lowest BCUT2D eigenvalue weighted by Gasteiger charge is -2.36. The van der Waals surface area contributed by atoms with Crippen molar-refractivity contribution in [3.8, 4) is 0 Å². The second-order valence-corrected chi connectivity index (χ2v) is 10.6. The summed E-state index contributed by atoms with van der Waals surface area (Å²) in [7, 11) is -7.15. The Morgan fingerprint density at radius 1 is 1.39 bits per heavy atom. The van der Waals surface area contributed by atoms with Crippen LogP contribution < -0.4 is 5.73 Å². The van der Waals surface area contributed by atoms with E-state index in [0.717, 1.165) is 0 Å². The number of halogens is 1. The quantitative estimate of drug-likeness (QED) is 0.826. The van der Waals surface area contributed by atoms with E-state index in [0.29, 0.717) is 10.6 Å². The molecule has 2 rings (SSSR count). The van der Waals surface area contributed by atoms with Gasteiger partial charge in [-0.05, 0) is 38.0 Å². The van der Waals surface area contributed by atoms with Crippen LogP contribution in [-0.2, 0) is 19.9 Å². The molecular formula is C14H21ClN2O4S2. The molecule has 1 heterocycles. The van der Waals surface area contributed by atoms with E-state index in [-0.39, 0.29) is 35.9 Å². The highest BCUT2D eigenvalue weighted by Crippen LogP contribution is 2.35. The Morgan fingerprint density at radius 2 is 2.04 bits per heavy atom. The number of hydrogen-bond acceptors (Lipinski definition) is 5. The average Bonchev–Trinajstić information content (AvgIpc) is 2.73. The minimum atomic E-state index is -3.90. The third-order valence-electron chi connectivity index (χ3n) is 4.14. The van der Waals surface area contributed by atoms with E-state index < -0.39 is 25.4 Å². The summed E-state index contributed by atoms with van der Waals surface area (Å²) in [6.45, 7) is 3.50. The summed E-state index contributed by atoms with van der Waals surface area (Å²) < 4.78 is 51.2. The Labute approximate surface area is 142 Å². The Hall–Kier alpha value is -0.670. The van der Waals surface area contributed by atoms with Gasteiger partial charge in [-0.1, -0.05) is 17.7 Å². The van der Waals surface area contributed by atoms with Gasteiger partial charge in [-0.25, -0.2) is 16.8 Å². The fraction of sp³-hybridized carbons (Fsp3) is 0.571. The standard InChI is InChI=1S/C14H21ClN2O4S2/c1-11-3-4-12(15)9-13(11)23(20,21)17(7-6-16)14(2)5-8-22(18,19)10-14/h3-4,9H,5-8,10,16H2,1-2H3/t14-/m0/s1. The summed E-state index contributed by atoms with van der Waals surface area (Å²) >= 11 is 5.94. The second kappa shape index (κ2) is 6.33. The van der Waals surface area contributed by atoms with Crippen molar-refractivity contribution in [3.63, 3.8) is 0 Å². The zero-order chi connectivity index (χ0) is 17.5. The van der Waals surface area contributed by atoms with Gasteiger partial charge in [-0.3, -0.25) is 0 Å². The van der Waals surface area contributed by atoms with Gasteiger partial charge in [0.25, 0.3) is 0 Å². The van der Waals surface area contributed by atoms with Crippen molar-refractivity contribution in [1.29, 1.82) is 0 Å². The highest BCUT2D eigenvalue weighted by molar-refractivity contribution is 7.92. The number of rotatable bonds is 5. The van der Waals surface area contributed by atoms with Crippen LogP contribution in [0, 0.1) is 6.92 Å². The van der Waals surface area contributed by atoms with E-state index in [4.69, 9.17) is 17.3 Å². The highest BCUT2D eigenvalue weighted by Gasteiger charge is 2.47. The van der Waals surface area contributed by atoms with Crippen LogP contribution in [0.5, 0.6) is 0 Å². The molecule has 1 aromatic carbocycles. The molecule has 0 saturated carbocycles. The number of sulfone groups is 1. The predicted molar refractivity (Wildman–Crippen MR) is 90.8 cm³/mol. The van der Waals surface area contributed by atoms with Crippen LogP contribution in [0.15, 0.2) is 23.1 Å². The first-order valence-corrected chi connectivity index (χ1v) is 10.9. The molecule has 9 heteroatoms. The Balaban J connectivity index is 2.54. The summed E-state index contributed by atoms with van der Waals surface area (Å²) in [6.07, 6.45) is 0.258. The first-order chi connectivity index (χ1) is 10.5. The van der Waals surface area contributed by atoms with Crippen LogP contribution in [0.4, 0.5) is 0 Å². The summed E-state index contributed by atoms with van der Waals surface area (Å²) in [5.74, 6) is -0.215. The van der Waals surface area contributed by atoms with Gasteiger partial charge in [0.2, 0.25) is 10.0 Å². The lowest BCUT2D eigenvalue weighted by molar-refractivity contribution is 0.238. The van der Waals surface area contributed by atoms with Crippen LogP contribution in [0.2, 0.25) is 5.02 Å². The molecule has 1 saturated heterocycles. The van der Waals surface area contributed by atoms with Crippen LogP contribution in [-0.4, -0.2) is 51.3 Å². The average molecular weight is 381 g/mol. The topological polar surface area (TPSA) is 97.5 Å². The van der Waals surface area contributed by atoms with Crippen molar-refractivity contribution < 1.29 is 16.8 Å². The van der Waals surface area contributed by atoms with Gasteiger partial charge in [0.1, 0.15) is 0 Å². The number of sulfonamides is 1. The Kier molecular flexibility index (Phi) is 5.13. The molecule has 0 bridgehead atoms. The minimum absolute atomic E-state index is 0.0192. The molecule has 0 spiro atoms. The number of benzene rings is 1. The van der Waals surface area contributed by atoms with Crippen LogP contribution >= 0.6 is 11.6 Å². The van der Waals surface area contributed by atoms with Crippen molar-refractivity contribution in [2.24, 2.45) is 5.73 Å². The largest absolute Gasteiger partial charge is 0.329 e. The summed E-state index contributed by atoms with van der Waals surface area (Å²) in [5.41, 5.74) is 5.15. The first kappa shape index (κ1) is 18.7. The van der Waals surface area contributed by atoms with Gasteiger partial charge in [0, 0.05) is 23.7 Å². The molecule has 1 fully saturated rings. The van der Waals surface area contributed by atoms with E-state index in [2.05, 4.69) is 0 Å². The zero-order valence-electron chi connectivity index (χ0n) is 13.1. The monoisotopic (exact) mass is 380 g/mol. The van der Waals surface area contributed by atoms with Crippen LogP contribution in [0.1, 0.15) is 18.9 Å². The summed E-state index contributed by atoms with van der Waals surface area (Å²) in [4.78, 5) is 0.0870. The minimum Gasteiger partial charge on any atom is -0.329 e. The van der Waals surface area contributed by atoms with Gasteiger partial charge < -0.3 is 5.73 Å². The SMILES string of the molecule is Cc1ccc(Cl)cc1S(=O)(=O)N(CCN)[C@@]1(C)CCS(=O)(=O)C1. The van der Waals surface area contributed by atoms with Gasteiger partial charge in [0.15, 0.2) is 9.84 Å². The Bertz CT molecular complexity index is 808. The maximum atomic E-state index is 13.1. The van der Waals surface area contributed by atoms with Crippen molar-refractivity contribution >= 4 is 31.5 Å². The van der Waals surface area contributed by atoms with Crippen LogP contribution in [0.3, 0.4) is 0 Å². The van der Waals surface area contributed by atoms with Crippen molar-refractivity contribution in [2.45, 2.75) is 30.7 Å². The van der Waals surface area contributed by atoms with Gasteiger partial charge >= 0.3 is 0 Å². The lowest BCUT2D eigenvalue weighted by Crippen LogP contribution is -2.52. The number of nitrogens with two attached hydrogens (primary N) is 1. The normalized spacial score (nSPS) is 24.2. The molecule has 0 radical (unpaired) electrons. The van der Waals surface area contributed by atoms with E-state index in [9.17, 15) is 16.8 Å². The summed E-state index contributed by atoms with van der Waals surface area (Å²) in [5, 5.41) is 0.311. The van der Waals surface area contributed by atoms with E-state index >= 15 is 0 Å². The number of aryl methyl sites for hydroxylation is 1. The van der Waals surface area contributed by atoms with Crippen molar-refractivity contribution in [1.82, 2.24) is 4.31 Å². The molecule has 0 amide bonds. The molecular weight excluding hydrogens is 360 g/mol. The van der Waals surface area contributed by atoms with Gasteiger partial charge in [0.05, 0.1) is 16.4 Å². The maximum absolute atomic E-state index is 13.1. The molecule has 6 nitrogen and oxygen atoms in total. The molecule has 1 aliphatic heterocycles. The number of hydrogen-bond donors (Lipinski definition) is 1. The van der Waals surface area contributed by atoms with Crippen molar-refractivity contribution in [3.05, 3.63) is 28.8 Å².